The maximum Gasteiger partial charge on any atom is 0.419 e. The van der Waals surface area contributed by atoms with E-state index >= 15 is 0 Å². The van der Waals surface area contributed by atoms with E-state index in [4.69, 9.17) is 0 Å². The molecule has 0 radical (unpaired) electrons. The van der Waals surface area contributed by atoms with Crippen molar-refractivity contribution in [3.63, 3.8) is 0 Å². The Bertz CT molecular complexity index is 567. The number of hydrogen-bond acceptors (Lipinski definition) is 3. The maximum absolute atomic E-state index is 13.5. The van der Waals surface area contributed by atoms with Gasteiger partial charge in [-0.15, -0.1) is 0 Å². The lowest BCUT2D eigenvalue weighted by molar-refractivity contribution is -0.140. The third kappa shape index (κ3) is 3.03. The second-order valence-corrected chi connectivity index (χ2v) is 4.44. The van der Waals surface area contributed by atoms with Crippen molar-refractivity contribution in [1.29, 1.82) is 0 Å². The number of thioether (sulfide) groups is 1. The van der Waals surface area contributed by atoms with Crippen molar-refractivity contribution in [3.05, 3.63) is 41.2 Å². The zero-order chi connectivity index (χ0) is 14.0. The number of hydrogen-bond donors (Lipinski definition) is 1. The van der Waals surface area contributed by atoms with Crippen LogP contribution in [0.5, 0.6) is 0 Å². The fraction of sp³-hybridized carbons (Fsp3) is 0.200. The van der Waals surface area contributed by atoms with Crippen LogP contribution in [-0.4, -0.2) is 15.2 Å². The molecule has 1 aromatic carbocycles. The molecule has 1 aromatic heterocycles. The van der Waals surface area contributed by atoms with Gasteiger partial charge in [-0.1, -0.05) is 17.8 Å². The van der Waals surface area contributed by atoms with Crippen LogP contribution in [0.4, 0.5) is 22.0 Å². The van der Waals surface area contributed by atoms with Crippen LogP contribution >= 0.6 is 11.8 Å². The quantitative estimate of drug-likeness (QED) is 0.697. The molecule has 0 aliphatic rings. The predicted molar refractivity (Wildman–Crippen MR) is 57.3 cm³/mol. The topological polar surface area (TPSA) is 41.6 Å². The monoisotopic (exact) mass is 295 g/mol. The maximum atomic E-state index is 13.5. The van der Waals surface area contributed by atoms with Crippen molar-refractivity contribution < 1.29 is 22.0 Å². The highest BCUT2D eigenvalue weighted by Crippen LogP contribution is 2.34. The molecule has 0 aliphatic heterocycles. The van der Waals surface area contributed by atoms with Crippen LogP contribution < -0.4 is 0 Å². The van der Waals surface area contributed by atoms with Gasteiger partial charge in [-0.05, 0) is 6.07 Å². The van der Waals surface area contributed by atoms with Crippen LogP contribution in [0.1, 0.15) is 11.1 Å². The Balaban J connectivity index is 2.21. The number of nitrogens with zero attached hydrogens (tertiary/aromatic N) is 2. The van der Waals surface area contributed by atoms with E-state index in [-0.39, 0.29) is 11.3 Å². The van der Waals surface area contributed by atoms with Crippen molar-refractivity contribution in [1.82, 2.24) is 15.2 Å². The second kappa shape index (κ2) is 5.16. The molecule has 1 heterocycles. The molecule has 2 aromatic rings. The first-order valence-electron chi connectivity index (χ1n) is 4.92. The van der Waals surface area contributed by atoms with E-state index in [0.717, 1.165) is 17.8 Å². The summed E-state index contributed by atoms with van der Waals surface area (Å²) in [7, 11) is 0. The van der Waals surface area contributed by atoms with E-state index in [1.54, 1.807) is 0 Å². The van der Waals surface area contributed by atoms with Crippen LogP contribution in [0.25, 0.3) is 0 Å². The first kappa shape index (κ1) is 13.8. The van der Waals surface area contributed by atoms with Gasteiger partial charge in [-0.25, -0.2) is 13.8 Å². The Morgan fingerprint density at radius 1 is 1.16 bits per heavy atom. The van der Waals surface area contributed by atoms with Crippen molar-refractivity contribution in [2.75, 3.05) is 0 Å². The summed E-state index contributed by atoms with van der Waals surface area (Å²) in [5.74, 6) is -3.44. The molecular weight excluding hydrogens is 289 g/mol. The van der Waals surface area contributed by atoms with Crippen LogP contribution in [0.3, 0.4) is 0 Å². The minimum Gasteiger partial charge on any atom is -0.254 e. The third-order valence-electron chi connectivity index (χ3n) is 2.22. The molecule has 0 unspecified atom stereocenters. The smallest absolute Gasteiger partial charge is 0.254 e. The van der Waals surface area contributed by atoms with Gasteiger partial charge in [-0.3, -0.25) is 5.10 Å². The molecule has 3 nitrogen and oxygen atoms in total. The first-order valence-corrected chi connectivity index (χ1v) is 5.90. The Labute approximate surface area is 108 Å². The summed E-state index contributed by atoms with van der Waals surface area (Å²) in [6.07, 6.45) is -3.69. The Morgan fingerprint density at radius 3 is 2.47 bits per heavy atom. The average molecular weight is 295 g/mol. The van der Waals surface area contributed by atoms with E-state index in [2.05, 4.69) is 15.2 Å². The van der Waals surface area contributed by atoms with Gasteiger partial charge in [0.05, 0.1) is 5.56 Å². The number of rotatable bonds is 3. The van der Waals surface area contributed by atoms with Crippen LogP contribution in [0.2, 0.25) is 0 Å². The van der Waals surface area contributed by atoms with E-state index in [9.17, 15) is 22.0 Å². The summed E-state index contributed by atoms with van der Waals surface area (Å²) < 4.78 is 63.8. The normalized spacial score (nSPS) is 11.8. The van der Waals surface area contributed by atoms with Crippen molar-refractivity contribution in [2.45, 2.75) is 17.1 Å². The summed E-state index contributed by atoms with van der Waals surface area (Å²) in [4.78, 5) is 3.74. The Hall–Kier alpha value is -1.64. The fourth-order valence-electron chi connectivity index (χ4n) is 1.33. The van der Waals surface area contributed by atoms with Crippen molar-refractivity contribution >= 4 is 11.8 Å². The summed E-state index contributed by atoms with van der Waals surface area (Å²) in [5.41, 5.74) is -1.79. The number of H-pyrrole nitrogens is 1. The van der Waals surface area contributed by atoms with Gasteiger partial charge in [0.15, 0.2) is 16.8 Å². The molecule has 0 fully saturated rings. The molecule has 0 aliphatic carbocycles. The summed E-state index contributed by atoms with van der Waals surface area (Å²) in [5, 5.41) is 6.39. The predicted octanol–water partition coefficient (Wildman–Crippen LogP) is 3.39. The zero-order valence-corrected chi connectivity index (χ0v) is 9.95. The summed E-state index contributed by atoms with van der Waals surface area (Å²) >= 11 is 0.999. The number of nitrogens with one attached hydrogen (secondary N) is 1. The van der Waals surface area contributed by atoms with E-state index in [0.29, 0.717) is 11.2 Å². The fourth-order valence-corrected chi connectivity index (χ4v) is 2.08. The SMILES string of the molecule is Fc1c(CSc2ncn[nH]2)ccc(C(F)(F)F)c1F. The minimum atomic E-state index is -4.92. The second-order valence-electron chi connectivity index (χ2n) is 3.48. The number of aromatic amines is 1. The molecule has 2 rings (SSSR count). The Kier molecular flexibility index (Phi) is 3.74. The number of halogens is 5. The average Bonchev–Trinajstić information content (AvgIpc) is 2.82. The first-order chi connectivity index (χ1) is 8.89. The highest BCUT2D eigenvalue weighted by atomic mass is 32.2. The molecule has 0 atom stereocenters. The molecule has 1 N–H and O–H groups in total. The number of aromatic nitrogens is 3. The Morgan fingerprint density at radius 2 is 1.89 bits per heavy atom. The molecule has 9 heteroatoms. The lowest BCUT2D eigenvalue weighted by atomic mass is 10.1. The standard InChI is InChI=1S/C10H6F5N3S/c11-7-5(3-19-9-16-4-17-18-9)1-2-6(8(7)12)10(13,14)15/h1-2,4H,3H2,(H,16,17,18). The van der Waals surface area contributed by atoms with Gasteiger partial charge in [-0.2, -0.15) is 18.3 Å². The van der Waals surface area contributed by atoms with E-state index in [1.165, 1.54) is 6.33 Å². The molecule has 102 valence electrons. The van der Waals surface area contributed by atoms with Gasteiger partial charge in [0, 0.05) is 11.3 Å². The molecule has 0 bridgehead atoms. The van der Waals surface area contributed by atoms with Gasteiger partial charge >= 0.3 is 6.18 Å². The number of alkyl halides is 3. The summed E-state index contributed by atoms with van der Waals surface area (Å²) in [6.45, 7) is 0. The van der Waals surface area contributed by atoms with Gasteiger partial charge in [0.25, 0.3) is 0 Å². The third-order valence-corrected chi connectivity index (χ3v) is 3.15. The molecule has 0 saturated carbocycles. The van der Waals surface area contributed by atoms with Crippen molar-refractivity contribution in [2.24, 2.45) is 0 Å². The van der Waals surface area contributed by atoms with E-state index < -0.39 is 23.4 Å². The molecular formula is C10H6F5N3S. The summed E-state index contributed by atoms with van der Waals surface area (Å²) in [6, 6.07) is 1.43. The number of benzene rings is 1. The highest BCUT2D eigenvalue weighted by Gasteiger charge is 2.35. The highest BCUT2D eigenvalue weighted by molar-refractivity contribution is 7.98. The molecule has 0 saturated heterocycles. The lowest BCUT2D eigenvalue weighted by Crippen LogP contribution is -2.10. The molecule has 19 heavy (non-hydrogen) atoms. The van der Waals surface area contributed by atoms with Crippen LogP contribution in [-0.2, 0) is 11.9 Å². The van der Waals surface area contributed by atoms with Gasteiger partial charge in [0.1, 0.15) is 6.33 Å². The van der Waals surface area contributed by atoms with Gasteiger partial charge in [0.2, 0.25) is 0 Å². The van der Waals surface area contributed by atoms with Gasteiger partial charge < -0.3 is 0 Å². The van der Waals surface area contributed by atoms with E-state index in [1.807, 2.05) is 0 Å². The zero-order valence-electron chi connectivity index (χ0n) is 9.13. The minimum absolute atomic E-state index is 0.0594. The molecule has 0 spiro atoms. The van der Waals surface area contributed by atoms with Crippen LogP contribution in [0, 0.1) is 11.6 Å². The molecule has 0 amide bonds. The largest absolute Gasteiger partial charge is 0.419 e. The van der Waals surface area contributed by atoms with Crippen molar-refractivity contribution in [3.8, 4) is 0 Å². The van der Waals surface area contributed by atoms with Crippen LogP contribution in [0.15, 0.2) is 23.6 Å². The lowest BCUT2D eigenvalue weighted by Gasteiger charge is -2.10.